The van der Waals surface area contributed by atoms with Crippen LogP contribution in [-0.4, -0.2) is 42.1 Å². The van der Waals surface area contributed by atoms with Gasteiger partial charge in [-0.05, 0) is 25.7 Å². The maximum atomic E-state index is 12.6. The van der Waals surface area contributed by atoms with Crippen molar-refractivity contribution in [2.24, 2.45) is 11.7 Å². The number of halogens is 1. The Balaban J connectivity index is 0.00000180. The van der Waals surface area contributed by atoms with Gasteiger partial charge in [0.1, 0.15) is 4.90 Å². The zero-order chi connectivity index (χ0) is 13.3. The third-order valence-corrected chi connectivity index (χ3v) is 5.63. The molecular weight excluding hydrogens is 288 g/mol. The van der Waals surface area contributed by atoms with Crippen LogP contribution in [0, 0.1) is 12.8 Å². The van der Waals surface area contributed by atoms with Crippen LogP contribution in [0.5, 0.6) is 0 Å². The van der Waals surface area contributed by atoms with Crippen molar-refractivity contribution in [3.63, 3.8) is 0 Å². The third-order valence-electron chi connectivity index (χ3n) is 3.57. The van der Waals surface area contributed by atoms with Gasteiger partial charge in [0, 0.05) is 19.1 Å². The molecule has 0 radical (unpaired) electrons. The van der Waals surface area contributed by atoms with E-state index in [9.17, 15) is 8.42 Å². The Morgan fingerprint density at radius 3 is 2.79 bits per heavy atom. The van der Waals surface area contributed by atoms with Crippen LogP contribution in [0.4, 0.5) is 0 Å². The van der Waals surface area contributed by atoms with Gasteiger partial charge >= 0.3 is 0 Å². The molecule has 8 heteroatoms. The van der Waals surface area contributed by atoms with Gasteiger partial charge in [-0.1, -0.05) is 6.92 Å². The number of aromatic nitrogens is 2. The van der Waals surface area contributed by atoms with Crippen LogP contribution in [-0.2, 0) is 10.0 Å². The summed E-state index contributed by atoms with van der Waals surface area (Å²) in [6.07, 6.45) is 3.08. The van der Waals surface area contributed by atoms with E-state index in [1.165, 1.54) is 10.5 Å². The zero-order valence-electron chi connectivity index (χ0n) is 11.2. The van der Waals surface area contributed by atoms with Gasteiger partial charge in [-0.15, -0.1) is 12.4 Å². The van der Waals surface area contributed by atoms with E-state index >= 15 is 0 Å². The largest absolute Gasteiger partial charge is 0.329 e. The van der Waals surface area contributed by atoms with E-state index < -0.39 is 10.0 Å². The molecule has 3 N–H and O–H groups in total. The number of piperidine rings is 1. The topological polar surface area (TPSA) is 92.1 Å². The van der Waals surface area contributed by atoms with E-state index in [-0.39, 0.29) is 23.3 Å². The fourth-order valence-corrected chi connectivity index (χ4v) is 4.27. The summed E-state index contributed by atoms with van der Waals surface area (Å²) in [6.45, 7) is 4.75. The molecule has 2 unspecified atom stereocenters. The molecule has 1 aromatic heterocycles. The van der Waals surface area contributed by atoms with E-state index in [1.54, 1.807) is 6.92 Å². The normalized spacial score (nSPS) is 25.0. The molecule has 6 nitrogen and oxygen atoms in total. The zero-order valence-corrected chi connectivity index (χ0v) is 12.8. The Kier molecular flexibility index (Phi) is 5.37. The van der Waals surface area contributed by atoms with Gasteiger partial charge < -0.3 is 5.73 Å². The van der Waals surface area contributed by atoms with Crippen LogP contribution >= 0.6 is 12.4 Å². The van der Waals surface area contributed by atoms with E-state index in [0.717, 1.165) is 12.8 Å². The first-order valence-electron chi connectivity index (χ1n) is 6.18. The Hall–Kier alpha value is -0.630. The first-order valence-corrected chi connectivity index (χ1v) is 7.62. The predicted octanol–water partition coefficient (Wildman–Crippen LogP) is 0.888. The Labute approximate surface area is 120 Å². The lowest BCUT2D eigenvalue weighted by atomic mass is 9.94. The summed E-state index contributed by atoms with van der Waals surface area (Å²) < 4.78 is 26.6. The highest BCUT2D eigenvalue weighted by atomic mass is 35.5. The predicted molar refractivity (Wildman–Crippen MR) is 75.7 cm³/mol. The van der Waals surface area contributed by atoms with Crippen LogP contribution in [0.1, 0.15) is 25.5 Å². The van der Waals surface area contributed by atoms with Crippen molar-refractivity contribution in [2.75, 3.05) is 13.1 Å². The number of hydrogen-bond acceptors (Lipinski definition) is 4. The molecule has 2 rings (SSSR count). The van der Waals surface area contributed by atoms with Crippen molar-refractivity contribution in [3.8, 4) is 0 Å². The molecule has 1 aliphatic rings. The number of H-pyrrole nitrogens is 1. The van der Waals surface area contributed by atoms with Crippen molar-refractivity contribution in [1.82, 2.24) is 14.5 Å². The number of rotatable bonds is 3. The molecule has 1 fully saturated rings. The number of hydrogen-bond donors (Lipinski definition) is 2. The minimum Gasteiger partial charge on any atom is -0.329 e. The molecular formula is C11H21ClN4O2S. The van der Waals surface area contributed by atoms with Gasteiger partial charge in [0.05, 0.1) is 11.9 Å². The number of sulfonamides is 1. The van der Waals surface area contributed by atoms with E-state index in [4.69, 9.17) is 5.73 Å². The monoisotopic (exact) mass is 308 g/mol. The highest BCUT2D eigenvalue weighted by Gasteiger charge is 2.36. The third kappa shape index (κ3) is 3.10. The molecule has 2 atom stereocenters. The second-order valence-corrected chi connectivity index (χ2v) is 6.85. The van der Waals surface area contributed by atoms with Crippen molar-refractivity contribution in [3.05, 3.63) is 11.9 Å². The van der Waals surface area contributed by atoms with Gasteiger partial charge in [-0.3, -0.25) is 5.10 Å². The van der Waals surface area contributed by atoms with Gasteiger partial charge in [0.2, 0.25) is 10.0 Å². The molecule has 110 valence electrons. The Bertz CT molecular complexity index is 517. The number of nitrogens with zero attached hydrogens (tertiary/aromatic N) is 2. The lowest BCUT2D eigenvalue weighted by molar-refractivity contribution is 0.211. The van der Waals surface area contributed by atoms with Crippen molar-refractivity contribution in [1.29, 1.82) is 0 Å². The average molecular weight is 309 g/mol. The fourth-order valence-electron chi connectivity index (χ4n) is 2.49. The maximum absolute atomic E-state index is 12.6. The molecule has 1 aliphatic heterocycles. The minimum atomic E-state index is -3.47. The van der Waals surface area contributed by atoms with Crippen LogP contribution < -0.4 is 5.73 Å². The van der Waals surface area contributed by atoms with Crippen LogP contribution in [0.3, 0.4) is 0 Å². The molecule has 0 aromatic carbocycles. The number of nitrogens with one attached hydrogen (secondary N) is 1. The standard InChI is InChI=1S/C11H20N4O2S.ClH/c1-8-3-4-15(10(5-8)6-12)18(16,17)11-7-13-14-9(11)2;/h7-8,10H,3-6,12H2,1-2H3,(H,13,14);1H. The number of aryl methyl sites for hydroxylation is 1. The van der Waals surface area contributed by atoms with E-state index in [2.05, 4.69) is 17.1 Å². The van der Waals surface area contributed by atoms with Crippen molar-refractivity contribution >= 4 is 22.4 Å². The maximum Gasteiger partial charge on any atom is 0.246 e. The molecule has 0 amide bonds. The molecule has 19 heavy (non-hydrogen) atoms. The summed E-state index contributed by atoms with van der Waals surface area (Å²) in [5, 5.41) is 6.45. The Morgan fingerprint density at radius 1 is 1.58 bits per heavy atom. The summed E-state index contributed by atoms with van der Waals surface area (Å²) >= 11 is 0. The first kappa shape index (κ1) is 16.4. The SMILES string of the molecule is Cc1[nH]ncc1S(=O)(=O)N1CCC(C)CC1CN.Cl. The molecule has 1 saturated heterocycles. The van der Waals surface area contributed by atoms with Gasteiger partial charge in [-0.2, -0.15) is 9.40 Å². The van der Waals surface area contributed by atoms with E-state index in [1.807, 2.05) is 0 Å². The highest BCUT2D eigenvalue weighted by Crippen LogP contribution is 2.28. The van der Waals surface area contributed by atoms with Gasteiger partial charge in [-0.25, -0.2) is 8.42 Å². The van der Waals surface area contributed by atoms with Crippen LogP contribution in [0.15, 0.2) is 11.1 Å². The highest BCUT2D eigenvalue weighted by molar-refractivity contribution is 7.89. The second-order valence-electron chi connectivity index (χ2n) is 4.99. The van der Waals surface area contributed by atoms with Gasteiger partial charge in [0.15, 0.2) is 0 Å². The van der Waals surface area contributed by atoms with Crippen molar-refractivity contribution < 1.29 is 8.42 Å². The summed E-state index contributed by atoms with van der Waals surface area (Å²) in [7, 11) is -3.47. The van der Waals surface area contributed by atoms with Crippen LogP contribution in [0.25, 0.3) is 0 Å². The smallest absolute Gasteiger partial charge is 0.246 e. The summed E-state index contributed by atoms with van der Waals surface area (Å²) in [6, 6.07) is -0.104. The lowest BCUT2D eigenvalue weighted by Crippen LogP contribution is -2.49. The van der Waals surface area contributed by atoms with Crippen LogP contribution in [0.2, 0.25) is 0 Å². The minimum absolute atomic E-state index is 0. The van der Waals surface area contributed by atoms with Crippen molar-refractivity contribution in [2.45, 2.75) is 37.6 Å². The molecule has 0 spiro atoms. The average Bonchev–Trinajstić information content (AvgIpc) is 2.75. The molecule has 0 bridgehead atoms. The second kappa shape index (κ2) is 6.21. The quantitative estimate of drug-likeness (QED) is 0.867. The molecule has 0 aliphatic carbocycles. The molecule has 2 heterocycles. The Morgan fingerprint density at radius 2 is 2.26 bits per heavy atom. The number of aromatic amines is 1. The summed E-state index contributed by atoms with van der Waals surface area (Å²) in [4.78, 5) is 0.260. The summed E-state index contributed by atoms with van der Waals surface area (Å²) in [5.74, 6) is 0.524. The number of nitrogens with two attached hydrogens (primary N) is 1. The molecule has 0 saturated carbocycles. The lowest BCUT2D eigenvalue weighted by Gasteiger charge is -2.36. The molecule has 1 aromatic rings. The van der Waals surface area contributed by atoms with Gasteiger partial charge in [0.25, 0.3) is 0 Å². The first-order chi connectivity index (χ1) is 8.46. The van der Waals surface area contributed by atoms with E-state index in [0.29, 0.717) is 24.7 Å². The fraction of sp³-hybridized carbons (Fsp3) is 0.727. The summed E-state index contributed by atoms with van der Waals surface area (Å²) in [5.41, 5.74) is 6.29.